The summed E-state index contributed by atoms with van der Waals surface area (Å²) in [6.07, 6.45) is 10.4. The van der Waals surface area contributed by atoms with Crippen LogP contribution in [0.25, 0.3) is 0 Å². The molecule has 0 aromatic rings. The Balaban J connectivity index is 1.48. The van der Waals surface area contributed by atoms with Crippen LogP contribution in [-0.4, -0.2) is 22.5 Å². The number of nitrogens with one attached hydrogen (secondary N) is 1. The summed E-state index contributed by atoms with van der Waals surface area (Å²) >= 11 is 1.47. The van der Waals surface area contributed by atoms with Crippen molar-refractivity contribution in [1.82, 2.24) is 5.32 Å². The molecule has 1 aliphatic heterocycles. The molecule has 0 spiro atoms. The van der Waals surface area contributed by atoms with Crippen molar-refractivity contribution in [3.05, 3.63) is 0 Å². The summed E-state index contributed by atoms with van der Waals surface area (Å²) in [7, 11) is 0. The van der Waals surface area contributed by atoms with E-state index in [0.717, 1.165) is 17.8 Å². The van der Waals surface area contributed by atoms with Gasteiger partial charge in [-0.25, -0.2) is 0 Å². The summed E-state index contributed by atoms with van der Waals surface area (Å²) in [5.74, 6) is 2.83. The lowest BCUT2D eigenvalue weighted by Crippen LogP contribution is -2.46. The first-order valence-electron chi connectivity index (χ1n) is 7.72. The molecule has 1 atom stereocenters. The van der Waals surface area contributed by atoms with Crippen molar-refractivity contribution in [3.8, 4) is 0 Å². The highest BCUT2D eigenvalue weighted by atomic mass is 32.2. The van der Waals surface area contributed by atoms with Gasteiger partial charge in [0.1, 0.15) is 0 Å². The lowest BCUT2D eigenvalue weighted by Gasteiger charge is -2.55. The molecule has 5 fully saturated rings. The highest BCUT2D eigenvalue weighted by Crippen LogP contribution is 2.59. The highest BCUT2D eigenvalue weighted by Gasteiger charge is 2.50. The van der Waals surface area contributed by atoms with Crippen LogP contribution < -0.4 is 5.32 Å². The molecule has 0 aromatic heterocycles. The summed E-state index contributed by atoms with van der Waals surface area (Å²) < 4.78 is 0. The Morgan fingerprint density at radius 1 is 1.20 bits per heavy atom. The van der Waals surface area contributed by atoms with Gasteiger partial charge in [0.15, 0.2) is 5.17 Å². The Morgan fingerprint density at radius 2 is 1.80 bits per heavy atom. The maximum atomic E-state index is 11.4. The van der Waals surface area contributed by atoms with Crippen LogP contribution >= 0.6 is 11.8 Å². The fraction of sp³-hybridized carbons (Fsp3) is 0.800. The fourth-order valence-electron chi connectivity index (χ4n) is 5.05. The zero-order valence-corrected chi connectivity index (χ0v) is 12.7. The van der Waals surface area contributed by atoms with Gasteiger partial charge < -0.3 is 5.32 Å². The molecule has 1 saturated heterocycles. The van der Waals surface area contributed by atoms with Crippen molar-refractivity contribution < 1.29 is 4.79 Å². The number of hydrogen-bond donors (Lipinski definition) is 1. The minimum atomic E-state index is -0.0384. The third-order valence-corrected chi connectivity index (χ3v) is 6.43. The average Bonchev–Trinajstić information content (AvgIpc) is 2.66. The van der Waals surface area contributed by atoms with Crippen LogP contribution in [0, 0.1) is 23.2 Å². The van der Waals surface area contributed by atoms with Crippen LogP contribution in [0.4, 0.5) is 0 Å². The van der Waals surface area contributed by atoms with Crippen molar-refractivity contribution >= 4 is 29.1 Å². The molecular weight excluding hydrogens is 270 g/mol. The number of carbonyl (C=O) groups is 1. The Labute approximate surface area is 123 Å². The Morgan fingerprint density at radius 3 is 2.30 bits per heavy atom. The summed E-state index contributed by atoms with van der Waals surface area (Å²) in [6, 6.07) is 0. The fourth-order valence-corrected chi connectivity index (χ4v) is 5.80. The molecule has 4 bridgehead atoms. The predicted octanol–water partition coefficient (Wildman–Crippen LogP) is 2.80. The van der Waals surface area contributed by atoms with Gasteiger partial charge in [0.05, 0.1) is 5.25 Å². The number of amidine groups is 1. The largest absolute Gasteiger partial charge is 0.303 e. The molecule has 20 heavy (non-hydrogen) atoms. The molecule has 108 valence electrons. The lowest BCUT2D eigenvalue weighted by molar-refractivity contribution is -0.118. The number of carbonyl (C=O) groups excluding carboxylic acids is 1. The summed E-state index contributed by atoms with van der Waals surface area (Å²) in [4.78, 5) is 11.4. The van der Waals surface area contributed by atoms with Crippen LogP contribution in [0.1, 0.15) is 45.4 Å². The van der Waals surface area contributed by atoms with Crippen molar-refractivity contribution in [2.45, 2.75) is 50.7 Å². The average molecular weight is 291 g/mol. The van der Waals surface area contributed by atoms with E-state index in [0.29, 0.717) is 10.6 Å². The van der Waals surface area contributed by atoms with Gasteiger partial charge in [-0.1, -0.05) is 11.8 Å². The van der Waals surface area contributed by atoms with E-state index >= 15 is 0 Å². The molecule has 4 saturated carbocycles. The Bertz CT molecular complexity index is 464. The standard InChI is InChI=1S/C15H21N3OS/c1-9-13(19)17-14(20-9)18-16-8-15-5-10-2-11(6-15)4-12(3-10)7-15/h8-12H,2-7H2,1H3,(H,17,18,19)/b16-8+. The van der Waals surface area contributed by atoms with E-state index < -0.39 is 0 Å². The zero-order chi connectivity index (χ0) is 13.7. The first kappa shape index (κ1) is 12.9. The second-order valence-corrected chi connectivity index (χ2v) is 8.51. The number of nitrogens with zero attached hydrogens (tertiary/aromatic N) is 2. The van der Waals surface area contributed by atoms with Crippen molar-refractivity contribution in [1.29, 1.82) is 0 Å². The summed E-state index contributed by atoms with van der Waals surface area (Å²) in [6.45, 7) is 1.89. The summed E-state index contributed by atoms with van der Waals surface area (Å²) in [5, 5.41) is 11.9. The monoisotopic (exact) mass is 291 g/mol. The van der Waals surface area contributed by atoms with Gasteiger partial charge in [0.25, 0.3) is 0 Å². The van der Waals surface area contributed by atoms with Gasteiger partial charge in [-0.3, -0.25) is 4.79 Å². The normalized spacial score (nSPS) is 48.5. The van der Waals surface area contributed by atoms with E-state index in [1.165, 1.54) is 50.3 Å². The van der Waals surface area contributed by atoms with Crippen LogP contribution in [0.15, 0.2) is 10.2 Å². The van der Waals surface area contributed by atoms with E-state index in [1.807, 2.05) is 6.92 Å². The molecule has 0 aromatic carbocycles. The lowest BCUT2D eigenvalue weighted by atomic mass is 9.50. The molecule has 1 heterocycles. The van der Waals surface area contributed by atoms with Gasteiger partial charge in [-0.15, -0.1) is 5.10 Å². The van der Waals surface area contributed by atoms with Gasteiger partial charge in [0, 0.05) is 11.6 Å². The maximum Gasteiger partial charge on any atom is 0.239 e. The number of amides is 1. The molecule has 1 unspecified atom stereocenters. The van der Waals surface area contributed by atoms with Crippen LogP contribution in [0.3, 0.4) is 0 Å². The van der Waals surface area contributed by atoms with Crippen molar-refractivity contribution in [2.75, 3.05) is 0 Å². The van der Waals surface area contributed by atoms with Gasteiger partial charge >= 0.3 is 0 Å². The molecule has 5 heteroatoms. The van der Waals surface area contributed by atoms with Crippen LogP contribution in [0.2, 0.25) is 0 Å². The maximum absolute atomic E-state index is 11.4. The summed E-state index contributed by atoms with van der Waals surface area (Å²) in [5.41, 5.74) is 0.317. The van der Waals surface area contributed by atoms with E-state index in [9.17, 15) is 4.79 Å². The first-order chi connectivity index (χ1) is 9.62. The Kier molecular flexibility index (Phi) is 2.95. The highest BCUT2D eigenvalue weighted by molar-refractivity contribution is 8.15. The third kappa shape index (κ3) is 2.20. The molecule has 1 amide bonds. The van der Waals surface area contributed by atoms with Gasteiger partial charge in [0.2, 0.25) is 5.91 Å². The second-order valence-electron chi connectivity index (χ2n) is 7.18. The minimum absolute atomic E-state index is 0.0384. The first-order valence-corrected chi connectivity index (χ1v) is 8.60. The molecule has 5 aliphatic rings. The van der Waals surface area contributed by atoms with E-state index in [2.05, 4.69) is 21.7 Å². The number of hydrogen-bond acceptors (Lipinski definition) is 4. The number of rotatable bonds is 2. The Hall–Kier alpha value is -0.840. The SMILES string of the molecule is CC1S/C(=N\N=C\C23CC4CC(CC(C4)C2)C3)NC1=O. The molecule has 4 aliphatic carbocycles. The minimum Gasteiger partial charge on any atom is -0.303 e. The van der Waals surface area contributed by atoms with Crippen molar-refractivity contribution in [2.24, 2.45) is 33.4 Å². The molecular formula is C15H21N3OS. The second kappa shape index (κ2) is 4.58. The van der Waals surface area contributed by atoms with Gasteiger partial charge in [-0.05, 0) is 63.2 Å². The molecule has 1 N–H and O–H groups in total. The topological polar surface area (TPSA) is 53.8 Å². The van der Waals surface area contributed by atoms with Crippen molar-refractivity contribution in [3.63, 3.8) is 0 Å². The van der Waals surface area contributed by atoms with Gasteiger partial charge in [-0.2, -0.15) is 5.10 Å². The third-order valence-electron chi connectivity index (χ3n) is 5.45. The quantitative estimate of drug-likeness (QED) is 0.628. The van der Waals surface area contributed by atoms with Crippen LogP contribution in [0.5, 0.6) is 0 Å². The zero-order valence-electron chi connectivity index (χ0n) is 11.8. The van der Waals surface area contributed by atoms with E-state index in [-0.39, 0.29) is 11.2 Å². The van der Waals surface area contributed by atoms with Crippen LogP contribution in [-0.2, 0) is 4.79 Å². The molecule has 0 radical (unpaired) electrons. The molecule has 5 rings (SSSR count). The predicted molar refractivity (Wildman–Crippen MR) is 81.7 cm³/mol. The van der Waals surface area contributed by atoms with E-state index in [4.69, 9.17) is 0 Å². The molecule has 4 nitrogen and oxygen atoms in total. The van der Waals surface area contributed by atoms with E-state index in [1.54, 1.807) is 0 Å². The smallest absolute Gasteiger partial charge is 0.239 e. The number of thioether (sulfide) groups is 1.